The predicted octanol–water partition coefficient (Wildman–Crippen LogP) is 1.66. The average molecular weight is 450 g/mol. The summed E-state index contributed by atoms with van der Waals surface area (Å²) in [7, 11) is 3.85. The van der Waals surface area contributed by atoms with Gasteiger partial charge in [0, 0.05) is 61.9 Å². The minimum Gasteiger partial charge on any atom is -0.476 e. The van der Waals surface area contributed by atoms with Gasteiger partial charge in [0.1, 0.15) is 0 Å². The van der Waals surface area contributed by atoms with E-state index in [0.29, 0.717) is 30.0 Å². The highest BCUT2D eigenvalue weighted by atomic mass is 16.4. The fraction of sp³-hybridized carbons (Fsp3) is 0.391. The van der Waals surface area contributed by atoms with Crippen LogP contribution in [0.1, 0.15) is 27.2 Å². The van der Waals surface area contributed by atoms with E-state index >= 15 is 0 Å². The molecule has 10 heteroatoms. The first kappa shape index (κ1) is 21.4. The van der Waals surface area contributed by atoms with Crippen molar-refractivity contribution in [2.24, 2.45) is 7.05 Å². The van der Waals surface area contributed by atoms with Gasteiger partial charge < -0.3 is 25.3 Å². The topological polar surface area (TPSA) is 120 Å². The number of aromatic nitrogens is 4. The quantitative estimate of drug-likeness (QED) is 0.534. The van der Waals surface area contributed by atoms with Gasteiger partial charge in [-0.25, -0.2) is 14.8 Å². The molecule has 10 nitrogen and oxygen atoms in total. The smallest absolute Gasteiger partial charge is 0.356 e. The Labute approximate surface area is 191 Å². The van der Waals surface area contributed by atoms with Crippen LogP contribution in [0.2, 0.25) is 0 Å². The summed E-state index contributed by atoms with van der Waals surface area (Å²) in [6.07, 6.45) is 3.05. The third-order valence-corrected chi connectivity index (χ3v) is 6.43. The van der Waals surface area contributed by atoms with E-state index in [2.05, 4.69) is 32.2 Å². The van der Waals surface area contributed by atoms with Gasteiger partial charge in [0.05, 0.1) is 18.0 Å². The number of piperazine rings is 1. The van der Waals surface area contributed by atoms with Gasteiger partial charge in [-0.2, -0.15) is 5.10 Å². The number of carboxylic acids is 1. The molecular formula is C23H27N7O3. The maximum Gasteiger partial charge on any atom is 0.356 e. The number of benzene rings is 1. The number of hydrogen-bond acceptors (Lipinski definition) is 8. The van der Waals surface area contributed by atoms with Crippen molar-refractivity contribution in [1.82, 2.24) is 24.6 Å². The third-order valence-electron chi connectivity index (χ3n) is 6.43. The lowest BCUT2D eigenvalue weighted by molar-refractivity contribution is 0.0688. The number of anilines is 3. The molecule has 33 heavy (non-hydrogen) atoms. The van der Waals surface area contributed by atoms with E-state index in [1.165, 1.54) is 0 Å². The molecule has 3 heterocycles. The van der Waals surface area contributed by atoms with Crippen molar-refractivity contribution in [1.29, 1.82) is 0 Å². The highest BCUT2D eigenvalue weighted by Crippen LogP contribution is 2.34. The fourth-order valence-electron chi connectivity index (χ4n) is 4.66. The molecule has 1 aliphatic heterocycles. The van der Waals surface area contributed by atoms with Gasteiger partial charge in [-0.05, 0) is 43.7 Å². The number of nitrogens with zero attached hydrogens (tertiary/aromatic N) is 6. The molecule has 3 aromatic rings. The lowest BCUT2D eigenvalue weighted by atomic mass is 9.93. The van der Waals surface area contributed by atoms with E-state index in [4.69, 9.17) is 4.98 Å². The molecule has 172 valence electrons. The number of aliphatic hydroxyl groups excluding tert-OH is 1. The average Bonchev–Trinajstić information content (AvgIpc) is 3.17. The van der Waals surface area contributed by atoms with E-state index in [-0.39, 0.29) is 12.3 Å². The third kappa shape index (κ3) is 3.91. The summed E-state index contributed by atoms with van der Waals surface area (Å²) < 4.78 is 1.59. The summed E-state index contributed by atoms with van der Waals surface area (Å²) in [5.74, 6) is -0.615. The number of carboxylic acid groups (broad SMARTS) is 1. The molecule has 5 rings (SSSR count). The lowest BCUT2D eigenvalue weighted by Gasteiger charge is -2.35. The Kier molecular flexibility index (Phi) is 5.47. The SMILES string of the molecule is CN1CCN(c2ccc(Nc3ncc4c(n3)-c3c(c(C(=O)O)nn3C)CC4)cc2CO)CC1. The van der Waals surface area contributed by atoms with Crippen molar-refractivity contribution in [3.63, 3.8) is 0 Å². The molecule has 1 aromatic carbocycles. The van der Waals surface area contributed by atoms with Crippen LogP contribution in [-0.4, -0.2) is 74.1 Å². The van der Waals surface area contributed by atoms with Crippen LogP contribution >= 0.6 is 0 Å². The fourth-order valence-corrected chi connectivity index (χ4v) is 4.66. The summed E-state index contributed by atoms with van der Waals surface area (Å²) in [6.45, 7) is 3.78. The van der Waals surface area contributed by atoms with Crippen molar-refractivity contribution in [2.45, 2.75) is 19.4 Å². The zero-order valence-corrected chi connectivity index (χ0v) is 18.7. The molecule has 2 aliphatic rings. The Balaban J connectivity index is 1.43. The Morgan fingerprint density at radius 1 is 1.15 bits per heavy atom. The molecule has 2 aromatic heterocycles. The van der Waals surface area contributed by atoms with Crippen LogP contribution < -0.4 is 10.2 Å². The number of hydrogen-bond donors (Lipinski definition) is 3. The minimum atomic E-state index is -1.03. The van der Waals surface area contributed by atoms with Crippen molar-refractivity contribution >= 4 is 23.3 Å². The zero-order valence-electron chi connectivity index (χ0n) is 18.7. The van der Waals surface area contributed by atoms with Gasteiger partial charge >= 0.3 is 5.97 Å². The summed E-state index contributed by atoms with van der Waals surface area (Å²) in [4.78, 5) is 25.3. The summed E-state index contributed by atoms with van der Waals surface area (Å²) >= 11 is 0. The molecule has 0 unspecified atom stereocenters. The van der Waals surface area contributed by atoms with Crippen molar-refractivity contribution in [3.05, 3.63) is 46.8 Å². The summed E-state index contributed by atoms with van der Waals surface area (Å²) in [5.41, 5.74) is 5.86. The second-order valence-electron chi connectivity index (χ2n) is 8.59. The summed E-state index contributed by atoms with van der Waals surface area (Å²) in [6, 6.07) is 5.91. The molecule has 0 spiro atoms. The maximum absolute atomic E-state index is 11.6. The number of aryl methyl sites for hydroxylation is 2. The maximum atomic E-state index is 11.6. The first-order valence-corrected chi connectivity index (χ1v) is 11.0. The number of aliphatic hydroxyl groups is 1. The standard InChI is InChI=1S/C23H27N7O3/c1-28-7-9-30(10-8-28)18-6-4-16(11-15(18)13-31)25-23-24-12-14-3-5-17-20(22(32)33)27-29(2)21(17)19(14)26-23/h4,6,11-12,31H,3,5,7-10,13H2,1-2H3,(H,32,33)(H,24,25,26). The van der Waals surface area contributed by atoms with Crippen LogP contribution in [-0.2, 0) is 26.5 Å². The van der Waals surface area contributed by atoms with E-state index in [1.54, 1.807) is 17.9 Å². The molecule has 0 bridgehead atoms. The second kappa shape index (κ2) is 8.45. The van der Waals surface area contributed by atoms with Gasteiger partial charge in [-0.3, -0.25) is 4.68 Å². The number of fused-ring (bicyclic) bond motifs is 3. The Hall–Kier alpha value is -3.50. The molecule has 3 N–H and O–H groups in total. The normalized spacial score (nSPS) is 15.8. The van der Waals surface area contributed by atoms with Crippen molar-refractivity contribution in [3.8, 4) is 11.4 Å². The zero-order chi connectivity index (χ0) is 23.1. The first-order valence-electron chi connectivity index (χ1n) is 11.0. The predicted molar refractivity (Wildman–Crippen MR) is 124 cm³/mol. The molecule has 0 atom stereocenters. The van der Waals surface area contributed by atoms with Gasteiger partial charge in [0.25, 0.3) is 0 Å². The van der Waals surface area contributed by atoms with E-state index < -0.39 is 5.97 Å². The molecule has 0 radical (unpaired) electrons. The number of rotatable bonds is 5. The van der Waals surface area contributed by atoms with Crippen LogP contribution in [0, 0.1) is 0 Å². The number of carbonyl (C=O) groups is 1. The van der Waals surface area contributed by atoms with E-state index in [1.807, 2.05) is 18.2 Å². The highest BCUT2D eigenvalue weighted by molar-refractivity contribution is 5.90. The van der Waals surface area contributed by atoms with Gasteiger partial charge in [-0.1, -0.05) is 0 Å². The molecule has 1 saturated heterocycles. The largest absolute Gasteiger partial charge is 0.476 e. The molecule has 1 aliphatic carbocycles. The Morgan fingerprint density at radius 2 is 1.94 bits per heavy atom. The van der Waals surface area contributed by atoms with Crippen molar-refractivity contribution < 1.29 is 15.0 Å². The van der Waals surface area contributed by atoms with Crippen LogP contribution in [0.5, 0.6) is 0 Å². The van der Waals surface area contributed by atoms with Crippen LogP contribution in [0.15, 0.2) is 24.4 Å². The monoisotopic (exact) mass is 449 g/mol. The molecule has 0 amide bonds. The minimum absolute atomic E-state index is 0.0570. The summed E-state index contributed by atoms with van der Waals surface area (Å²) in [5, 5.41) is 26.9. The van der Waals surface area contributed by atoms with E-state index in [9.17, 15) is 15.0 Å². The molecule has 1 fully saturated rings. The number of aromatic carboxylic acids is 1. The first-order chi connectivity index (χ1) is 15.9. The van der Waals surface area contributed by atoms with Crippen LogP contribution in [0.4, 0.5) is 17.3 Å². The number of likely N-dealkylation sites (N-methyl/N-ethyl adjacent to an activating group) is 1. The van der Waals surface area contributed by atoms with Crippen molar-refractivity contribution in [2.75, 3.05) is 43.4 Å². The molecular weight excluding hydrogens is 422 g/mol. The van der Waals surface area contributed by atoms with Gasteiger partial charge in [-0.15, -0.1) is 0 Å². The van der Waals surface area contributed by atoms with Crippen LogP contribution in [0.3, 0.4) is 0 Å². The lowest BCUT2D eigenvalue weighted by Crippen LogP contribution is -2.44. The highest BCUT2D eigenvalue weighted by Gasteiger charge is 2.28. The van der Waals surface area contributed by atoms with Gasteiger partial charge in [0.15, 0.2) is 5.69 Å². The van der Waals surface area contributed by atoms with Crippen LogP contribution in [0.25, 0.3) is 11.4 Å². The Bertz CT molecular complexity index is 1220. The van der Waals surface area contributed by atoms with E-state index in [0.717, 1.165) is 54.4 Å². The number of nitrogens with one attached hydrogen (secondary N) is 1. The second-order valence-corrected chi connectivity index (χ2v) is 8.59. The van der Waals surface area contributed by atoms with Gasteiger partial charge in [0.2, 0.25) is 5.95 Å². The molecule has 0 saturated carbocycles. The Morgan fingerprint density at radius 3 is 2.67 bits per heavy atom.